The molecule has 0 atom stereocenters. The molecule has 2 heterocycles. The Morgan fingerprint density at radius 2 is 1.65 bits per heavy atom. The molecule has 5 nitrogen and oxygen atoms in total. The molecule has 0 saturated heterocycles. The van der Waals surface area contributed by atoms with Gasteiger partial charge in [-0.1, -0.05) is 12.1 Å². The van der Waals surface area contributed by atoms with E-state index in [0.29, 0.717) is 11.1 Å². The third kappa shape index (κ3) is 2.39. The van der Waals surface area contributed by atoms with Crippen molar-refractivity contribution in [3.05, 3.63) is 53.6 Å². The maximum atomic E-state index is 10.9. The smallest absolute Gasteiger partial charge is 0.258 e. The molecule has 2 aromatic rings. The summed E-state index contributed by atoms with van der Waals surface area (Å²) in [5.41, 5.74) is 0.940. The Morgan fingerprint density at radius 3 is 2.00 bits per heavy atom. The standard InChI is InChI=1S/C8H5NO2.C4H6N2/c10-7-5-3-1-2-4-6(5)8(11)9-7;1-4-5-2-3-6-4/h1-4H,(H,9,10,11);2-3H,1H3,(H,5,6). The van der Waals surface area contributed by atoms with Crippen LogP contribution in [0, 0.1) is 6.92 Å². The first kappa shape index (κ1) is 11.1. The largest absolute Gasteiger partial charge is 0.349 e. The van der Waals surface area contributed by atoms with Crippen LogP contribution in [-0.4, -0.2) is 21.8 Å². The van der Waals surface area contributed by atoms with E-state index in [1.807, 2.05) is 6.92 Å². The molecule has 86 valence electrons. The fraction of sp³-hybridized carbons (Fsp3) is 0.0833. The number of imide groups is 1. The van der Waals surface area contributed by atoms with Crippen molar-refractivity contribution in [2.45, 2.75) is 6.92 Å². The normalized spacial score (nSPS) is 12.5. The van der Waals surface area contributed by atoms with Gasteiger partial charge in [0, 0.05) is 12.4 Å². The summed E-state index contributed by atoms with van der Waals surface area (Å²) < 4.78 is 0. The van der Waals surface area contributed by atoms with Crippen LogP contribution in [0.3, 0.4) is 0 Å². The summed E-state index contributed by atoms with van der Waals surface area (Å²) in [7, 11) is 0. The molecule has 2 amide bonds. The lowest BCUT2D eigenvalue weighted by atomic mass is 10.1. The number of aryl methyl sites for hydroxylation is 1. The van der Waals surface area contributed by atoms with Gasteiger partial charge in [0.15, 0.2) is 0 Å². The van der Waals surface area contributed by atoms with E-state index in [-0.39, 0.29) is 11.8 Å². The molecule has 1 aromatic heterocycles. The second-order valence-corrected chi connectivity index (χ2v) is 3.50. The minimum absolute atomic E-state index is 0.300. The van der Waals surface area contributed by atoms with Crippen molar-refractivity contribution in [2.24, 2.45) is 0 Å². The minimum Gasteiger partial charge on any atom is -0.349 e. The molecule has 17 heavy (non-hydrogen) atoms. The van der Waals surface area contributed by atoms with Crippen LogP contribution in [0.15, 0.2) is 36.7 Å². The van der Waals surface area contributed by atoms with Crippen LogP contribution in [0.4, 0.5) is 0 Å². The van der Waals surface area contributed by atoms with E-state index >= 15 is 0 Å². The summed E-state index contributed by atoms with van der Waals surface area (Å²) in [5, 5.41) is 2.20. The predicted molar refractivity (Wildman–Crippen MR) is 61.6 cm³/mol. The highest BCUT2D eigenvalue weighted by Crippen LogP contribution is 2.13. The van der Waals surface area contributed by atoms with Crippen molar-refractivity contribution in [3.63, 3.8) is 0 Å². The summed E-state index contributed by atoms with van der Waals surface area (Å²) in [6.45, 7) is 1.92. The average molecular weight is 229 g/mol. The molecule has 0 saturated carbocycles. The number of amides is 2. The molecule has 1 aliphatic rings. The SMILES string of the molecule is Cc1ncc[nH]1.O=C1NC(=O)c2ccccc21. The second kappa shape index (κ2) is 4.61. The maximum Gasteiger partial charge on any atom is 0.258 e. The van der Waals surface area contributed by atoms with Gasteiger partial charge < -0.3 is 4.98 Å². The number of hydrogen-bond acceptors (Lipinski definition) is 3. The molecule has 0 unspecified atom stereocenters. The zero-order chi connectivity index (χ0) is 12.3. The number of H-pyrrole nitrogens is 1. The van der Waals surface area contributed by atoms with Crippen LogP contribution in [0.5, 0.6) is 0 Å². The van der Waals surface area contributed by atoms with Gasteiger partial charge in [-0.25, -0.2) is 4.98 Å². The lowest BCUT2D eigenvalue weighted by molar-refractivity contribution is 0.0879. The van der Waals surface area contributed by atoms with Gasteiger partial charge in [-0.3, -0.25) is 14.9 Å². The maximum absolute atomic E-state index is 10.9. The number of nitrogens with one attached hydrogen (secondary N) is 2. The Morgan fingerprint density at radius 1 is 1.06 bits per heavy atom. The van der Waals surface area contributed by atoms with Crippen molar-refractivity contribution in [3.8, 4) is 0 Å². The number of fused-ring (bicyclic) bond motifs is 1. The molecule has 0 spiro atoms. The van der Waals surface area contributed by atoms with Crippen molar-refractivity contribution in [2.75, 3.05) is 0 Å². The van der Waals surface area contributed by atoms with Crippen molar-refractivity contribution < 1.29 is 9.59 Å². The van der Waals surface area contributed by atoms with E-state index in [1.54, 1.807) is 36.7 Å². The number of benzene rings is 1. The molecule has 2 N–H and O–H groups in total. The average Bonchev–Trinajstić information content (AvgIpc) is 2.90. The summed E-state index contributed by atoms with van der Waals surface area (Å²) >= 11 is 0. The Hall–Kier alpha value is -2.43. The van der Waals surface area contributed by atoms with Crippen LogP contribution < -0.4 is 5.32 Å². The Bertz CT molecular complexity index is 514. The van der Waals surface area contributed by atoms with Gasteiger partial charge in [-0.2, -0.15) is 0 Å². The second-order valence-electron chi connectivity index (χ2n) is 3.50. The van der Waals surface area contributed by atoms with E-state index in [0.717, 1.165) is 5.82 Å². The van der Waals surface area contributed by atoms with Crippen LogP contribution >= 0.6 is 0 Å². The van der Waals surface area contributed by atoms with E-state index < -0.39 is 0 Å². The third-order valence-corrected chi connectivity index (χ3v) is 2.28. The number of hydrogen-bond donors (Lipinski definition) is 2. The zero-order valence-electron chi connectivity index (χ0n) is 9.23. The van der Waals surface area contributed by atoms with Gasteiger partial charge in [-0.05, 0) is 19.1 Å². The van der Waals surface area contributed by atoms with Crippen LogP contribution in [0.2, 0.25) is 0 Å². The highest BCUT2D eigenvalue weighted by molar-refractivity contribution is 6.21. The highest BCUT2D eigenvalue weighted by Gasteiger charge is 2.25. The summed E-state index contributed by atoms with van der Waals surface area (Å²) in [6.07, 6.45) is 3.53. The number of nitrogens with zero attached hydrogens (tertiary/aromatic N) is 1. The number of aromatic amines is 1. The number of carbonyl (C=O) groups excluding carboxylic acids is 2. The molecule has 0 aliphatic carbocycles. The van der Waals surface area contributed by atoms with Gasteiger partial charge in [0.05, 0.1) is 11.1 Å². The summed E-state index contributed by atoms with van der Waals surface area (Å²) in [5.74, 6) is 0.367. The van der Waals surface area contributed by atoms with E-state index in [1.165, 1.54) is 0 Å². The molecule has 3 rings (SSSR count). The Labute approximate surface area is 97.9 Å². The molecule has 5 heteroatoms. The molecule has 0 radical (unpaired) electrons. The molecule has 1 aliphatic heterocycles. The van der Waals surface area contributed by atoms with E-state index in [4.69, 9.17) is 0 Å². The first-order valence-corrected chi connectivity index (χ1v) is 5.09. The van der Waals surface area contributed by atoms with E-state index in [2.05, 4.69) is 15.3 Å². The zero-order valence-corrected chi connectivity index (χ0v) is 9.23. The number of rotatable bonds is 0. The first-order valence-electron chi connectivity index (χ1n) is 5.09. The van der Waals surface area contributed by atoms with Crippen molar-refractivity contribution in [1.29, 1.82) is 0 Å². The molecule has 1 aromatic carbocycles. The van der Waals surface area contributed by atoms with Crippen LogP contribution in [-0.2, 0) is 0 Å². The monoisotopic (exact) mass is 229 g/mol. The van der Waals surface area contributed by atoms with Crippen molar-refractivity contribution >= 4 is 11.8 Å². The van der Waals surface area contributed by atoms with Gasteiger partial charge >= 0.3 is 0 Å². The summed E-state index contributed by atoms with van der Waals surface area (Å²) in [4.78, 5) is 28.6. The molecular weight excluding hydrogens is 218 g/mol. The molecule has 0 bridgehead atoms. The quantitative estimate of drug-likeness (QED) is 0.668. The molecule has 0 fully saturated rings. The fourth-order valence-corrected chi connectivity index (χ4v) is 1.46. The Balaban J connectivity index is 0.000000153. The van der Waals surface area contributed by atoms with Crippen LogP contribution in [0.25, 0.3) is 0 Å². The number of imidazole rings is 1. The van der Waals surface area contributed by atoms with Gasteiger partial charge in [-0.15, -0.1) is 0 Å². The Kier molecular flexibility index (Phi) is 3.00. The number of aromatic nitrogens is 2. The van der Waals surface area contributed by atoms with Crippen LogP contribution in [0.1, 0.15) is 26.5 Å². The number of carbonyl (C=O) groups is 2. The lowest BCUT2D eigenvalue weighted by Crippen LogP contribution is -2.19. The minimum atomic E-state index is -0.300. The first-order chi connectivity index (χ1) is 8.18. The molecular formula is C12H11N3O2. The van der Waals surface area contributed by atoms with Crippen molar-refractivity contribution in [1.82, 2.24) is 15.3 Å². The fourth-order valence-electron chi connectivity index (χ4n) is 1.46. The van der Waals surface area contributed by atoms with Gasteiger partial charge in [0.25, 0.3) is 11.8 Å². The highest BCUT2D eigenvalue weighted by atomic mass is 16.2. The van der Waals surface area contributed by atoms with E-state index in [9.17, 15) is 9.59 Å². The third-order valence-electron chi connectivity index (χ3n) is 2.28. The predicted octanol–water partition coefficient (Wildman–Crippen LogP) is 1.29. The summed E-state index contributed by atoms with van der Waals surface area (Å²) in [6, 6.07) is 6.74. The topological polar surface area (TPSA) is 74.8 Å². The van der Waals surface area contributed by atoms with Gasteiger partial charge in [0.1, 0.15) is 5.82 Å². The van der Waals surface area contributed by atoms with Gasteiger partial charge in [0.2, 0.25) is 0 Å². The lowest BCUT2D eigenvalue weighted by Gasteiger charge is -1.88.